The Kier molecular flexibility index (Phi) is 3.47. The molecule has 112 valence electrons. The zero-order valence-electron chi connectivity index (χ0n) is 12.1. The van der Waals surface area contributed by atoms with Crippen LogP contribution in [0.25, 0.3) is 22.3 Å². The van der Waals surface area contributed by atoms with Crippen LogP contribution in [0.1, 0.15) is 0 Å². The maximum Gasteiger partial charge on any atom is 0.197 e. The fourth-order valence-electron chi connectivity index (χ4n) is 2.33. The van der Waals surface area contributed by atoms with Gasteiger partial charge in [0.2, 0.25) is 0 Å². The van der Waals surface area contributed by atoms with Crippen molar-refractivity contribution >= 4 is 11.0 Å². The first kappa shape index (κ1) is 14.0. The molecule has 3 rings (SSSR count). The Balaban J connectivity index is 2.25. The predicted octanol–water partition coefficient (Wildman–Crippen LogP) is 3.18. The van der Waals surface area contributed by atoms with Gasteiger partial charge in [0.1, 0.15) is 34.0 Å². The molecule has 22 heavy (non-hydrogen) atoms. The number of rotatable bonds is 3. The van der Waals surface area contributed by atoms with Crippen LogP contribution in [-0.4, -0.2) is 19.3 Å². The van der Waals surface area contributed by atoms with Crippen molar-refractivity contribution in [1.82, 2.24) is 0 Å². The summed E-state index contributed by atoms with van der Waals surface area (Å²) in [6, 6.07) is 11.3. The molecule has 0 amide bonds. The van der Waals surface area contributed by atoms with E-state index >= 15 is 0 Å². The lowest BCUT2D eigenvalue weighted by Gasteiger charge is -2.10. The monoisotopic (exact) mass is 298 g/mol. The van der Waals surface area contributed by atoms with Gasteiger partial charge in [0.15, 0.2) is 5.43 Å². The van der Waals surface area contributed by atoms with Crippen molar-refractivity contribution in [2.75, 3.05) is 14.2 Å². The highest BCUT2D eigenvalue weighted by atomic mass is 16.5. The van der Waals surface area contributed by atoms with Crippen molar-refractivity contribution in [3.63, 3.8) is 0 Å². The first-order chi connectivity index (χ1) is 10.6. The van der Waals surface area contributed by atoms with Crippen LogP contribution in [0.3, 0.4) is 0 Å². The Hall–Kier alpha value is -2.95. The average Bonchev–Trinajstić information content (AvgIpc) is 2.53. The van der Waals surface area contributed by atoms with E-state index in [0.29, 0.717) is 28.4 Å². The predicted molar refractivity (Wildman–Crippen MR) is 82.7 cm³/mol. The number of benzene rings is 2. The van der Waals surface area contributed by atoms with E-state index < -0.39 is 0 Å². The molecule has 0 aliphatic carbocycles. The van der Waals surface area contributed by atoms with Crippen molar-refractivity contribution in [2.24, 2.45) is 0 Å². The van der Waals surface area contributed by atoms with E-state index in [1.807, 2.05) is 0 Å². The van der Waals surface area contributed by atoms with Crippen LogP contribution in [0.15, 0.2) is 51.7 Å². The van der Waals surface area contributed by atoms with E-state index in [1.54, 1.807) is 37.4 Å². The van der Waals surface area contributed by atoms with Gasteiger partial charge < -0.3 is 19.0 Å². The smallest absolute Gasteiger partial charge is 0.197 e. The van der Waals surface area contributed by atoms with Crippen molar-refractivity contribution in [3.8, 4) is 28.6 Å². The topological polar surface area (TPSA) is 68.9 Å². The van der Waals surface area contributed by atoms with Gasteiger partial charge in [-0.1, -0.05) is 6.07 Å². The normalized spacial score (nSPS) is 10.6. The second-order valence-electron chi connectivity index (χ2n) is 4.69. The summed E-state index contributed by atoms with van der Waals surface area (Å²) in [5.74, 6) is 1.44. The summed E-state index contributed by atoms with van der Waals surface area (Å²) >= 11 is 0. The van der Waals surface area contributed by atoms with E-state index in [0.717, 1.165) is 0 Å². The molecule has 0 atom stereocenters. The molecule has 0 saturated heterocycles. The Labute approximate surface area is 126 Å². The third-order valence-electron chi connectivity index (χ3n) is 3.41. The van der Waals surface area contributed by atoms with E-state index in [9.17, 15) is 9.90 Å². The summed E-state index contributed by atoms with van der Waals surface area (Å²) < 4.78 is 16.2. The highest BCUT2D eigenvalue weighted by Gasteiger charge is 2.14. The molecule has 1 aromatic heterocycles. The van der Waals surface area contributed by atoms with E-state index in [-0.39, 0.29) is 16.6 Å². The van der Waals surface area contributed by atoms with Gasteiger partial charge in [-0.3, -0.25) is 4.79 Å². The van der Waals surface area contributed by atoms with Gasteiger partial charge >= 0.3 is 0 Å². The van der Waals surface area contributed by atoms with Crippen molar-refractivity contribution in [3.05, 3.63) is 52.7 Å². The molecule has 1 N–H and O–H groups in total. The number of fused-ring (bicyclic) bond motifs is 1. The lowest BCUT2D eigenvalue weighted by molar-refractivity contribution is 0.394. The summed E-state index contributed by atoms with van der Waals surface area (Å²) in [5.41, 5.74) is 0.637. The summed E-state index contributed by atoms with van der Waals surface area (Å²) in [6.07, 6.45) is 0. The average molecular weight is 298 g/mol. The zero-order valence-corrected chi connectivity index (χ0v) is 12.1. The van der Waals surface area contributed by atoms with Gasteiger partial charge in [-0.25, -0.2) is 0 Å². The molecule has 5 heteroatoms. The van der Waals surface area contributed by atoms with Crippen LogP contribution in [-0.2, 0) is 0 Å². The van der Waals surface area contributed by atoms with Gasteiger partial charge in [-0.05, 0) is 24.3 Å². The van der Waals surface area contributed by atoms with Crippen molar-refractivity contribution in [1.29, 1.82) is 0 Å². The SMILES string of the molecule is COc1ccc(-c2cc(=O)c3c(O)cccc3o2)c(OC)c1. The molecule has 1 heterocycles. The first-order valence-corrected chi connectivity index (χ1v) is 6.62. The minimum absolute atomic E-state index is 0.0977. The fraction of sp³-hybridized carbons (Fsp3) is 0.118. The molecule has 0 unspecified atom stereocenters. The van der Waals surface area contributed by atoms with E-state index in [4.69, 9.17) is 13.9 Å². The first-order valence-electron chi connectivity index (χ1n) is 6.62. The molecular weight excluding hydrogens is 284 g/mol. The van der Waals surface area contributed by atoms with Crippen LogP contribution < -0.4 is 14.9 Å². The van der Waals surface area contributed by atoms with E-state index in [1.165, 1.54) is 19.2 Å². The molecule has 0 fully saturated rings. The lowest BCUT2D eigenvalue weighted by atomic mass is 10.1. The van der Waals surface area contributed by atoms with Gasteiger partial charge in [-0.15, -0.1) is 0 Å². The minimum Gasteiger partial charge on any atom is -0.507 e. The Morgan fingerprint density at radius 3 is 2.59 bits per heavy atom. The number of methoxy groups -OCH3 is 2. The lowest BCUT2D eigenvalue weighted by Crippen LogP contribution is -2.01. The van der Waals surface area contributed by atoms with E-state index in [2.05, 4.69) is 0 Å². The molecule has 3 aromatic rings. The third kappa shape index (κ3) is 2.26. The van der Waals surface area contributed by atoms with Gasteiger partial charge in [-0.2, -0.15) is 0 Å². The van der Waals surface area contributed by atoms with Crippen LogP contribution in [0.4, 0.5) is 0 Å². The standard InChI is InChI=1S/C17H14O5/c1-20-10-6-7-11(15(8-10)21-2)16-9-13(19)17-12(18)4-3-5-14(17)22-16/h3-9,18H,1-2H3. The second kappa shape index (κ2) is 5.44. The molecule has 0 saturated carbocycles. The minimum atomic E-state index is -0.313. The highest BCUT2D eigenvalue weighted by Crippen LogP contribution is 2.34. The summed E-state index contributed by atoms with van der Waals surface area (Å²) in [5, 5.41) is 9.95. The van der Waals surface area contributed by atoms with Crippen LogP contribution in [0.2, 0.25) is 0 Å². The Morgan fingerprint density at radius 1 is 1.05 bits per heavy atom. The van der Waals surface area contributed by atoms with Gasteiger partial charge in [0.05, 0.1) is 19.8 Å². The molecule has 0 aliphatic heterocycles. The van der Waals surface area contributed by atoms with Crippen LogP contribution in [0.5, 0.6) is 17.2 Å². The molecule has 0 bridgehead atoms. The fourth-order valence-corrected chi connectivity index (χ4v) is 2.33. The molecule has 2 aromatic carbocycles. The number of hydrogen-bond donors (Lipinski definition) is 1. The van der Waals surface area contributed by atoms with Crippen LogP contribution >= 0.6 is 0 Å². The van der Waals surface area contributed by atoms with Crippen molar-refractivity contribution in [2.45, 2.75) is 0 Å². The van der Waals surface area contributed by atoms with Crippen molar-refractivity contribution < 1.29 is 19.0 Å². The van der Waals surface area contributed by atoms with Crippen LogP contribution in [0, 0.1) is 0 Å². The molecule has 0 radical (unpaired) electrons. The maximum atomic E-state index is 12.2. The summed E-state index contributed by atoms with van der Waals surface area (Å²) in [7, 11) is 3.09. The Bertz CT molecular complexity index is 895. The molecule has 0 spiro atoms. The van der Waals surface area contributed by atoms with Gasteiger partial charge in [0, 0.05) is 12.1 Å². The largest absolute Gasteiger partial charge is 0.507 e. The molecular formula is C17H14O5. The molecule has 0 aliphatic rings. The third-order valence-corrected chi connectivity index (χ3v) is 3.41. The number of aromatic hydroxyl groups is 1. The second-order valence-corrected chi connectivity index (χ2v) is 4.69. The number of hydrogen-bond acceptors (Lipinski definition) is 5. The molecule has 5 nitrogen and oxygen atoms in total. The number of ether oxygens (including phenoxy) is 2. The number of phenolic OH excluding ortho intramolecular Hbond substituents is 1. The maximum absolute atomic E-state index is 12.2. The Morgan fingerprint density at radius 2 is 1.86 bits per heavy atom. The summed E-state index contributed by atoms with van der Waals surface area (Å²) in [4.78, 5) is 12.2. The zero-order chi connectivity index (χ0) is 15.7. The quantitative estimate of drug-likeness (QED) is 0.804. The van der Waals surface area contributed by atoms with Gasteiger partial charge in [0.25, 0.3) is 0 Å². The summed E-state index contributed by atoms with van der Waals surface area (Å²) in [6.45, 7) is 0. The highest BCUT2D eigenvalue weighted by molar-refractivity contribution is 5.85. The number of phenols is 1.